The van der Waals surface area contributed by atoms with Crippen LogP contribution in [0.2, 0.25) is 0 Å². The summed E-state index contributed by atoms with van der Waals surface area (Å²) in [6.45, 7) is 1.61. The van der Waals surface area contributed by atoms with Gasteiger partial charge in [0.15, 0.2) is 0 Å². The quantitative estimate of drug-likeness (QED) is 0.746. The zero-order valence-corrected chi connectivity index (χ0v) is 16.6. The third-order valence-electron chi connectivity index (χ3n) is 6.52. The van der Waals surface area contributed by atoms with E-state index in [0.717, 1.165) is 25.9 Å². The minimum absolute atomic E-state index is 0.0263. The lowest BCUT2D eigenvalue weighted by atomic mass is 9.81. The summed E-state index contributed by atoms with van der Waals surface area (Å²) in [6, 6.07) is 8.07. The van der Waals surface area contributed by atoms with Crippen LogP contribution in [0.25, 0.3) is 0 Å². The van der Waals surface area contributed by atoms with Crippen molar-refractivity contribution < 1.29 is 9.59 Å². The lowest BCUT2D eigenvalue weighted by Gasteiger charge is -2.27. The van der Waals surface area contributed by atoms with E-state index < -0.39 is 0 Å². The van der Waals surface area contributed by atoms with Crippen molar-refractivity contribution in [3.63, 3.8) is 0 Å². The summed E-state index contributed by atoms with van der Waals surface area (Å²) in [5.41, 5.74) is 7.93. The molecule has 28 heavy (non-hydrogen) atoms. The molecule has 0 radical (unpaired) electrons. The fourth-order valence-electron chi connectivity index (χ4n) is 4.97. The molecule has 2 aliphatic heterocycles. The van der Waals surface area contributed by atoms with Gasteiger partial charge in [0, 0.05) is 31.6 Å². The van der Waals surface area contributed by atoms with Gasteiger partial charge in [-0.25, -0.2) is 0 Å². The molecule has 6 heteroatoms. The van der Waals surface area contributed by atoms with Gasteiger partial charge in [0.05, 0.1) is 11.3 Å². The molecule has 0 spiro atoms. The van der Waals surface area contributed by atoms with E-state index in [2.05, 4.69) is 16.2 Å². The molecule has 3 fully saturated rings. The fourth-order valence-corrected chi connectivity index (χ4v) is 4.97. The summed E-state index contributed by atoms with van der Waals surface area (Å²) in [5, 5.41) is 3.01. The zero-order chi connectivity index (χ0) is 19.3. The van der Waals surface area contributed by atoms with Gasteiger partial charge in [0.25, 0.3) is 5.91 Å². The van der Waals surface area contributed by atoms with E-state index in [9.17, 15) is 9.59 Å². The number of anilines is 1. The molecule has 152 valence electrons. The molecule has 2 heterocycles. The van der Waals surface area contributed by atoms with Crippen molar-refractivity contribution in [3.8, 4) is 0 Å². The number of fused-ring (bicyclic) bond motifs is 1. The molecule has 6 nitrogen and oxygen atoms in total. The van der Waals surface area contributed by atoms with Crippen LogP contribution >= 0.6 is 0 Å². The highest BCUT2D eigenvalue weighted by Crippen LogP contribution is 2.31. The van der Waals surface area contributed by atoms with Crippen LogP contribution in [0.15, 0.2) is 24.3 Å². The van der Waals surface area contributed by atoms with Crippen molar-refractivity contribution in [1.29, 1.82) is 0 Å². The Morgan fingerprint density at radius 2 is 1.71 bits per heavy atom. The van der Waals surface area contributed by atoms with Gasteiger partial charge in [-0.2, -0.15) is 0 Å². The van der Waals surface area contributed by atoms with E-state index >= 15 is 0 Å². The normalized spacial score (nSPS) is 27.7. The van der Waals surface area contributed by atoms with Crippen molar-refractivity contribution in [2.45, 2.75) is 69.9 Å². The molecular formula is C22H32N4O2. The van der Waals surface area contributed by atoms with Crippen LogP contribution < -0.4 is 16.2 Å². The molecule has 3 N–H and O–H groups in total. The van der Waals surface area contributed by atoms with Crippen molar-refractivity contribution >= 4 is 17.5 Å². The van der Waals surface area contributed by atoms with Gasteiger partial charge >= 0.3 is 0 Å². The van der Waals surface area contributed by atoms with Gasteiger partial charge in [-0.3, -0.25) is 20.4 Å². The van der Waals surface area contributed by atoms with Crippen molar-refractivity contribution in [2.24, 2.45) is 5.92 Å². The van der Waals surface area contributed by atoms with E-state index in [-0.39, 0.29) is 17.9 Å². The Hall–Kier alpha value is -1.92. The number of carbonyl (C=O) groups excluding carboxylic acids is 2. The standard InChI is InChI=1S/C22H32N4O2/c27-21(15-20-16-9-3-6-12-19(16)24-25-20)23-18-11-5-4-10-17(18)22(28)26-13-7-1-2-8-14-26/h4-5,10-11,16,19-20,24-25H,1-3,6-9,12-15H2,(H,23,27). The fraction of sp³-hybridized carbons (Fsp3) is 0.636. The first kappa shape index (κ1) is 19.4. The van der Waals surface area contributed by atoms with Crippen molar-refractivity contribution in [1.82, 2.24) is 15.8 Å². The van der Waals surface area contributed by atoms with Crippen LogP contribution in [0.3, 0.4) is 0 Å². The van der Waals surface area contributed by atoms with Crippen LogP contribution in [0.4, 0.5) is 5.69 Å². The van der Waals surface area contributed by atoms with E-state index in [1.807, 2.05) is 29.2 Å². The Kier molecular flexibility index (Phi) is 6.27. The monoisotopic (exact) mass is 384 g/mol. The summed E-state index contributed by atoms with van der Waals surface area (Å²) < 4.78 is 0. The summed E-state index contributed by atoms with van der Waals surface area (Å²) in [4.78, 5) is 27.7. The highest BCUT2D eigenvalue weighted by atomic mass is 16.2. The van der Waals surface area contributed by atoms with Crippen LogP contribution in [-0.4, -0.2) is 41.9 Å². The van der Waals surface area contributed by atoms with Crippen LogP contribution in [-0.2, 0) is 4.79 Å². The first-order chi connectivity index (χ1) is 13.7. The molecule has 1 aromatic carbocycles. The van der Waals surface area contributed by atoms with Gasteiger partial charge in [-0.15, -0.1) is 0 Å². The number of para-hydroxylation sites is 1. The number of hydrogen-bond acceptors (Lipinski definition) is 4. The number of rotatable bonds is 4. The van der Waals surface area contributed by atoms with Gasteiger partial charge in [-0.05, 0) is 43.7 Å². The van der Waals surface area contributed by atoms with Crippen LogP contribution in [0.1, 0.15) is 68.1 Å². The Morgan fingerprint density at radius 3 is 2.54 bits per heavy atom. The summed E-state index contributed by atoms with van der Waals surface area (Å²) in [6.07, 6.45) is 9.79. The summed E-state index contributed by atoms with van der Waals surface area (Å²) in [7, 11) is 0. The second-order valence-electron chi connectivity index (χ2n) is 8.45. The van der Waals surface area contributed by atoms with Crippen molar-refractivity contribution in [3.05, 3.63) is 29.8 Å². The number of amides is 2. The Labute approximate surface area is 167 Å². The van der Waals surface area contributed by atoms with Gasteiger partial charge in [0.1, 0.15) is 0 Å². The van der Waals surface area contributed by atoms with Gasteiger partial charge in [-0.1, -0.05) is 37.8 Å². The van der Waals surface area contributed by atoms with E-state index in [1.165, 1.54) is 38.5 Å². The maximum atomic E-state index is 13.0. The zero-order valence-electron chi connectivity index (χ0n) is 16.6. The summed E-state index contributed by atoms with van der Waals surface area (Å²) >= 11 is 0. The van der Waals surface area contributed by atoms with Crippen LogP contribution in [0.5, 0.6) is 0 Å². The second kappa shape index (κ2) is 9.05. The Bertz CT molecular complexity index is 700. The molecule has 2 saturated heterocycles. The molecule has 1 saturated carbocycles. The van der Waals surface area contributed by atoms with E-state index in [0.29, 0.717) is 29.6 Å². The maximum Gasteiger partial charge on any atom is 0.255 e. The molecule has 4 rings (SSSR count). The Morgan fingerprint density at radius 1 is 0.964 bits per heavy atom. The molecule has 0 aromatic heterocycles. The maximum absolute atomic E-state index is 13.0. The van der Waals surface area contributed by atoms with Crippen LogP contribution in [0, 0.1) is 5.92 Å². The Balaban J connectivity index is 1.40. The highest BCUT2D eigenvalue weighted by Gasteiger charge is 2.38. The van der Waals surface area contributed by atoms with Gasteiger partial charge in [0.2, 0.25) is 5.91 Å². The number of nitrogens with zero attached hydrogens (tertiary/aromatic N) is 1. The van der Waals surface area contributed by atoms with E-state index in [4.69, 9.17) is 0 Å². The number of hydrogen-bond donors (Lipinski definition) is 3. The number of nitrogens with one attached hydrogen (secondary N) is 3. The number of carbonyl (C=O) groups is 2. The number of likely N-dealkylation sites (tertiary alicyclic amines) is 1. The molecule has 1 aromatic rings. The first-order valence-electron chi connectivity index (χ1n) is 10.9. The number of benzene rings is 1. The lowest BCUT2D eigenvalue weighted by Crippen LogP contribution is -2.36. The minimum Gasteiger partial charge on any atom is -0.339 e. The van der Waals surface area contributed by atoms with Gasteiger partial charge < -0.3 is 10.2 Å². The second-order valence-corrected chi connectivity index (χ2v) is 8.45. The first-order valence-corrected chi connectivity index (χ1v) is 10.9. The molecule has 1 aliphatic carbocycles. The molecule has 0 bridgehead atoms. The average molecular weight is 385 g/mol. The average Bonchev–Trinajstić information content (AvgIpc) is 2.92. The SMILES string of the molecule is O=C(CC1NNC2CCCCC21)Nc1ccccc1C(=O)N1CCCCCC1. The topological polar surface area (TPSA) is 73.5 Å². The molecular weight excluding hydrogens is 352 g/mol. The predicted octanol–water partition coefficient (Wildman–Crippen LogP) is 3.07. The van der Waals surface area contributed by atoms with Crippen molar-refractivity contribution in [2.75, 3.05) is 18.4 Å². The molecule has 3 atom stereocenters. The smallest absolute Gasteiger partial charge is 0.255 e. The number of hydrazine groups is 1. The third-order valence-corrected chi connectivity index (χ3v) is 6.52. The molecule has 3 unspecified atom stereocenters. The minimum atomic E-state index is -0.0263. The largest absolute Gasteiger partial charge is 0.339 e. The summed E-state index contributed by atoms with van der Waals surface area (Å²) in [5.74, 6) is 0.529. The predicted molar refractivity (Wildman–Crippen MR) is 110 cm³/mol. The molecule has 2 amide bonds. The highest BCUT2D eigenvalue weighted by molar-refractivity contribution is 6.03. The molecule has 3 aliphatic rings. The third kappa shape index (κ3) is 4.39. The lowest BCUT2D eigenvalue weighted by molar-refractivity contribution is -0.116. The van der Waals surface area contributed by atoms with E-state index in [1.54, 1.807) is 0 Å².